The Morgan fingerprint density at radius 1 is 0.522 bits per heavy atom. The fourth-order valence-corrected chi connectivity index (χ4v) is 5.92. The van der Waals surface area contributed by atoms with E-state index in [0.717, 1.165) is 48.4 Å². The third-order valence-corrected chi connectivity index (χ3v) is 8.99. The summed E-state index contributed by atoms with van der Waals surface area (Å²) in [6, 6.07) is 17.6. The summed E-state index contributed by atoms with van der Waals surface area (Å²) in [7, 11) is 0. The summed E-state index contributed by atoms with van der Waals surface area (Å²) in [5, 5.41) is 0. The molecule has 0 N–H and O–H groups in total. The zero-order valence-electron chi connectivity index (χ0n) is 32.7. The molecule has 2 nitrogen and oxygen atoms in total. The van der Waals surface area contributed by atoms with Crippen molar-refractivity contribution in [3.05, 3.63) is 59.7 Å². The first-order valence-corrected chi connectivity index (χ1v) is 19.4. The fraction of sp³-hybridized carbons (Fsp3) is 0.727. The van der Waals surface area contributed by atoms with Crippen molar-refractivity contribution in [2.75, 3.05) is 24.6 Å². The lowest BCUT2D eigenvalue weighted by Gasteiger charge is -2.42. The van der Waals surface area contributed by atoms with Crippen molar-refractivity contribution >= 4 is 5.69 Å². The molecule has 1 aliphatic rings. The molecule has 0 radical (unpaired) electrons. The van der Waals surface area contributed by atoms with Crippen LogP contribution in [0.25, 0.3) is 0 Å². The van der Waals surface area contributed by atoms with Crippen LogP contribution in [0, 0.1) is 29.6 Å². The molecule has 1 heterocycles. The number of nitrogens with zero attached hydrogens (tertiary/aromatic N) is 1. The maximum absolute atomic E-state index is 5.72. The highest BCUT2D eigenvalue weighted by molar-refractivity contribution is 5.50. The quantitative estimate of drug-likeness (QED) is 0.151. The number of unbranched alkanes of at least 4 members (excludes halogenated alkanes) is 4. The van der Waals surface area contributed by atoms with Crippen LogP contribution in [0.4, 0.5) is 5.69 Å². The van der Waals surface area contributed by atoms with Gasteiger partial charge in [-0.3, -0.25) is 0 Å². The minimum Gasteiger partial charge on any atom is -0.494 e. The van der Waals surface area contributed by atoms with E-state index in [-0.39, 0.29) is 0 Å². The van der Waals surface area contributed by atoms with Crippen LogP contribution in [0.1, 0.15) is 170 Å². The second kappa shape index (κ2) is 24.2. The van der Waals surface area contributed by atoms with Crippen LogP contribution in [0.5, 0.6) is 5.75 Å². The molecule has 2 heteroatoms. The predicted molar refractivity (Wildman–Crippen MR) is 208 cm³/mol. The van der Waals surface area contributed by atoms with Crippen molar-refractivity contribution in [3.8, 4) is 5.75 Å². The van der Waals surface area contributed by atoms with Gasteiger partial charge in [-0.15, -0.1) is 0 Å². The Morgan fingerprint density at radius 3 is 1.33 bits per heavy atom. The Bertz CT molecular complexity index is 952. The third-order valence-electron chi connectivity index (χ3n) is 8.99. The SMILES string of the molecule is CC(C)CC1CN(c2ccc(C(C)C)cc2)C1.CC(C)CCCCCCC(C)C.CC(C)CCCCOc1ccc(C(C)C)cc1. The van der Waals surface area contributed by atoms with Gasteiger partial charge in [-0.05, 0) is 96.1 Å². The Morgan fingerprint density at radius 2 is 0.935 bits per heavy atom. The van der Waals surface area contributed by atoms with Crippen LogP contribution in [0.15, 0.2) is 48.5 Å². The van der Waals surface area contributed by atoms with Gasteiger partial charge in [0.1, 0.15) is 5.75 Å². The van der Waals surface area contributed by atoms with Crippen molar-refractivity contribution < 1.29 is 4.74 Å². The Balaban J connectivity index is 0.000000352. The van der Waals surface area contributed by atoms with Crippen LogP contribution in [0.3, 0.4) is 0 Å². The molecule has 1 saturated heterocycles. The Hall–Kier alpha value is -1.96. The van der Waals surface area contributed by atoms with E-state index in [9.17, 15) is 0 Å². The lowest BCUT2D eigenvalue weighted by Crippen LogP contribution is -2.47. The van der Waals surface area contributed by atoms with Crippen molar-refractivity contribution in [1.29, 1.82) is 0 Å². The molecule has 1 fully saturated rings. The highest BCUT2D eigenvalue weighted by Crippen LogP contribution is 2.29. The van der Waals surface area contributed by atoms with Gasteiger partial charge in [0, 0.05) is 18.8 Å². The molecule has 2 aromatic rings. The number of ether oxygens (including phenoxy) is 1. The van der Waals surface area contributed by atoms with E-state index in [1.165, 1.54) is 87.7 Å². The Kier molecular flexibility index (Phi) is 22.1. The molecule has 3 rings (SSSR count). The molecule has 46 heavy (non-hydrogen) atoms. The van der Waals surface area contributed by atoms with Crippen molar-refractivity contribution in [3.63, 3.8) is 0 Å². The molecule has 1 aliphatic heterocycles. The third kappa shape index (κ3) is 20.3. The van der Waals surface area contributed by atoms with E-state index < -0.39 is 0 Å². The van der Waals surface area contributed by atoms with Gasteiger partial charge >= 0.3 is 0 Å². The van der Waals surface area contributed by atoms with Crippen molar-refractivity contribution in [1.82, 2.24) is 0 Å². The lowest BCUT2D eigenvalue weighted by atomic mass is 9.90. The minimum absolute atomic E-state index is 0.593. The predicted octanol–water partition coefficient (Wildman–Crippen LogP) is 13.9. The van der Waals surface area contributed by atoms with Crippen LogP contribution in [-0.4, -0.2) is 19.7 Å². The van der Waals surface area contributed by atoms with Crippen LogP contribution in [0.2, 0.25) is 0 Å². The summed E-state index contributed by atoms with van der Waals surface area (Å²) in [5.41, 5.74) is 4.21. The average Bonchev–Trinajstić information content (AvgIpc) is 2.97. The lowest BCUT2D eigenvalue weighted by molar-refractivity contribution is 0.301. The summed E-state index contributed by atoms with van der Waals surface area (Å²) < 4.78 is 5.72. The zero-order chi connectivity index (χ0) is 34.5. The van der Waals surface area contributed by atoms with Gasteiger partial charge in [-0.2, -0.15) is 0 Å². The molecule has 264 valence electrons. The van der Waals surface area contributed by atoms with E-state index in [1.807, 2.05) is 0 Å². The standard InChI is InChI=1S/C16H25N.C16H26O.C12H26/c1-12(2)9-14-10-17(11-14)16-7-5-15(6-8-16)13(3)4;1-13(2)7-5-6-12-17-16-10-8-15(9-11-16)14(3)4;1-11(2)9-7-5-6-8-10-12(3)4/h5-8,12-14H,9-11H2,1-4H3;8-11,13-14H,5-7,12H2,1-4H3;11-12H,5-10H2,1-4H3. The normalized spacial score (nSPS) is 13.3. The molecule has 2 aromatic carbocycles. The van der Waals surface area contributed by atoms with E-state index in [1.54, 1.807) is 0 Å². The maximum Gasteiger partial charge on any atom is 0.119 e. The van der Waals surface area contributed by atoms with Crippen molar-refractivity contribution in [2.24, 2.45) is 29.6 Å². The molecule has 0 bridgehead atoms. The molecule has 0 unspecified atom stereocenters. The molecule has 0 aromatic heterocycles. The molecule has 0 spiro atoms. The van der Waals surface area contributed by atoms with Gasteiger partial charge < -0.3 is 9.64 Å². The number of hydrogen-bond acceptors (Lipinski definition) is 2. The van der Waals surface area contributed by atoms with Crippen molar-refractivity contribution in [2.45, 2.75) is 159 Å². The van der Waals surface area contributed by atoms with Gasteiger partial charge in [0.05, 0.1) is 6.61 Å². The molecular formula is C44H77NO. The summed E-state index contributed by atoms with van der Waals surface area (Å²) >= 11 is 0. The van der Waals surface area contributed by atoms with Gasteiger partial charge in [0.15, 0.2) is 0 Å². The second-order valence-electron chi connectivity index (χ2n) is 16.4. The van der Waals surface area contributed by atoms with Gasteiger partial charge in [-0.1, -0.05) is 152 Å². The van der Waals surface area contributed by atoms with E-state index in [2.05, 4.69) is 137 Å². The fourth-order valence-electron chi connectivity index (χ4n) is 5.92. The van der Waals surface area contributed by atoms with E-state index in [4.69, 9.17) is 4.74 Å². The average molecular weight is 636 g/mol. The largest absolute Gasteiger partial charge is 0.494 e. The van der Waals surface area contributed by atoms with Gasteiger partial charge in [0.2, 0.25) is 0 Å². The summed E-state index contributed by atoms with van der Waals surface area (Å²) in [6.45, 7) is 30.7. The highest BCUT2D eigenvalue weighted by Gasteiger charge is 2.27. The molecule has 0 amide bonds. The van der Waals surface area contributed by atoms with Gasteiger partial charge in [-0.25, -0.2) is 0 Å². The molecule has 0 aliphatic carbocycles. The zero-order valence-corrected chi connectivity index (χ0v) is 32.7. The summed E-state index contributed by atoms with van der Waals surface area (Å²) in [5.74, 6) is 6.58. The smallest absolute Gasteiger partial charge is 0.119 e. The number of benzene rings is 2. The summed E-state index contributed by atoms with van der Waals surface area (Å²) in [4.78, 5) is 2.50. The van der Waals surface area contributed by atoms with Crippen LogP contribution in [-0.2, 0) is 0 Å². The maximum atomic E-state index is 5.72. The molecule has 0 atom stereocenters. The first-order valence-electron chi connectivity index (χ1n) is 19.4. The number of rotatable bonds is 18. The van der Waals surface area contributed by atoms with E-state index in [0.29, 0.717) is 11.8 Å². The Labute approximate surface area is 288 Å². The van der Waals surface area contributed by atoms with Gasteiger partial charge in [0.25, 0.3) is 0 Å². The number of anilines is 1. The first kappa shape index (κ1) is 42.1. The minimum atomic E-state index is 0.593. The van der Waals surface area contributed by atoms with Crippen LogP contribution >= 0.6 is 0 Å². The molecule has 0 saturated carbocycles. The van der Waals surface area contributed by atoms with Crippen LogP contribution < -0.4 is 9.64 Å². The first-order chi connectivity index (χ1) is 21.8. The summed E-state index contributed by atoms with van der Waals surface area (Å²) in [6.07, 6.45) is 13.7. The van der Waals surface area contributed by atoms with E-state index >= 15 is 0 Å². The topological polar surface area (TPSA) is 12.5 Å². The monoisotopic (exact) mass is 636 g/mol. The molecular weight excluding hydrogens is 558 g/mol. The highest BCUT2D eigenvalue weighted by atomic mass is 16.5. The number of hydrogen-bond donors (Lipinski definition) is 0. The second-order valence-corrected chi connectivity index (χ2v) is 16.4.